The maximum atomic E-state index is 11.2. The average Bonchev–Trinajstić information content (AvgIpc) is 2.88. The van der Waals surface area contributed by atoms with Crippen molar-refractivity contribution in [2.24, 2.45) is 5.41 Å². The van der Waals surface area contributed by atoms with Gasteiger partial charge in [0.15, 0.2) is 0 Å². The third kappa shape index (κ3) is 3.22. The molecule has 2 fully saturated rings. The highest BCUT2D eigenvalue weighted by Gasteiger charge is 2.51. The molecule has 132 valence electrons. The van der Waals surface area contributed by atoms with Gasteiger partial charge >= 0.3 is 6.09 Å². The van der Waals surface area contributed by atoms with Crippen LogP contribution in [0.25, 0.3) is 0 Å². The zero-order chi connectivity index (χ0) is 17.5. The van der Waals surface area contributed by atoms with Crippen molar-refractivity contribution in [3.63, 3.8) is 0 Å². The molecule has 1 aromatic carbocycles. The molecule has 1 unspecified atom stereocenters. The van der Waals surface area contributed by atoms with E-state index in [1.165, 1.54) is 10.5 Å². The molecule has 0 aromatic heterocycles. The summed E-state index contributed by atoms with van der Waals surface area (Å²) in [6.45, 7) is 7.65. The van der Waals surface area contributed by atoms with Gasteiger partial charge in [0.1, 0.15) is 5.75 Å². The van der Waals surface area contributed by atoms with Gasteiger partial charge in [-0.2, -0.15) is 0 Å². The van der Waals surface area contributed by atoms with Crippen LogP contribution in [0.15, 0.2) is 24.3 Å². The van der Waals surface area contributed by atoms with E-state index in [-0.39, 0.29) is 28.8 Å². The summed E-state index contributed by atoms with van der Waals surface area (Å²) in [4.78, 5) is 12.6. The normalized spacial score (nSPS) is 26.7. The summed E-state index contributed by atoms with van der Waals surface area (Å²) in [5.74, 6) is 0.538. The molecule has 0 bridgehead atoms. The van der Waals surface area contributed by atoms with E-state index in [0.29, 0.717) is 13.1 Å². The predicted molar refractivity (Wildman–Crippen MR) is 91.4 cm³/mol. The number of aromatic hydroxyl groups is 1. The van der Waals surface area contributed by atoms with E-state index in [1.807, 2.05) is 12.1 Å². The zero-order valence-corrected chi connectivity index (χ0v) is 14.7. The fraction of sp³-hybridized carbons (Fsp3) is 0.632. The number of ether oxygens (including phenoxy) is 1. The number of phenols is 1. The van der Waals surface area contributed by atoms with E-state index in [9.17, 15) is 9.90 Å². The highest BCUT2D eigenvalue weighted by molar-refractivity contribution is 5.65. The molecule has 1 amide bonds. The summed E-state index contributed by atoms with van der Waals surface area (Å²) >= 11 is 0. The molecule has 2 aliphatic rings. The Kier molecular flexibility index (Phi) is 4.24. The van der Waals surface area contributed by atoms with Crippen molar-refractivity contribution >= 4 is 6.09 Å². The van der Waals surface area contributed by atoms with Crippen LogP contribution in [0.2, 0.25) is 0 Å². The van der Waals surface area contributed by atoms with Gasteiger partial charge in [-0.25, -0.2) is 4.79 Å². The number of benzene rings is 1. The molecule has 2 aliphatic heterocycles. The number of piperidine rings is 1. The van der Waals surface area contributed by atoms with Gasteiger partial charge < -0.3 is 19.8 Å². The van der Waals surface area contributed by atoms with Gasteiger partial charge in [0, 0.05) is 19.0 Å². The molecule has 0 aliphatic carbocycles. The zero-order valence-electron chi connectivity index (χ0n) is 14.7. The minimum absolute atomic E-state index is 0.00398. The fourth-order valence-corrected chi connectivity index (χ4v) is 4.13. The van der Waals surface area contributed by atoms with Crippen LogP contribution < -0.4 is 0 Å². The highest BCUT2D eigenvalue weighted by Crippen LogP contribution is 2.51. The van der Waals surface area contributed by atoms with Crippen LogP contribution in [0.3, 0.4) is 0 Å². The standard InChI is InChI=1S/C19H27NO4/c1-18(2,3)16-15(13-4-6-14(21)7-5-13)12-19(24-16)8-10-20(11-9-19)17(22)23/h4-7,15-16,21H,8-12H2,1-3H3,(H,22,23)/t15-,16?/m0/s1. The van der Waals surface area contributed by atoms with Crippen molar-refractivity contribution in [3.05, 3.63) is 29.8 Å². The number of rotatable bonds is 1. The summed E-state index contributed by atoms with van der Waals surface area (Å²) < 4.78 is 6.60. The van der Waals surface area contributed by atoms with Crippen molar-refractivity contribution in [2.45, 2.75) is 57.7 Å². The third-order valence-corrected chi connectivity index (χ3v) is 5.45. The smallest absolute Gasteiger partial charge is 0.407 e. The molecule has 2 atom stereocenters. The van der Waals surface area contributed by atoms with Gasteiger partial charge in [0.25, 0.3) is 0 Å². The number of phenolic OH excluding ortho intramolecular Hbond substituents is 1. The SMILES string of the molecule is CC(C)(C)C1OC2(CCN(C(=O)O)CC2)C[C@H]1c1ccc(O)cc1. The van der Waals surface area contributed by atoms with Crippen molar-refractivity contribution in [1.29, 1.82) is 0 Å². The monoisotopic (exact) mass is 333 g/mol. The first-order valence-corrected chi connectivity index (χ1v) is 8.65. The molecule has 2 N–H and O–H groups in total. The number of hydrogen-bond acceptors (Lipinski definition) is 3. The van der Waals surface area contributed by atoms with E-state index >= 15 is 0 Å². The summed E-state index contributed by atoms with van der Waals surface area (Å²) in [6.07, 6.45) is 1.65. The number of carbonyl (C=O) groups is 1. The summed E-state index contributed by atoms with van der Waals surface area (Å²) in [5.41, 5.74) is 0.952. The van der Waals surface area contributed by atoms with Crippen LogP contribution in [0.4, 0.5) is 4.79 Å². The van der Waals surface area contributed by atoms with Gasteiger partial charge in [0.05, 0.1) is 11.7 Å². The molecule has 2 heterocycles. The van der Waals surface area contributed by atoms with Crippen molar-refractivity contribution in [3.8, 4) is 5.75 Å². The van der Waals surface area contributed by atoms with Gasteiger partial charge in [-0.1, -0.05) is 32.9 Å². The second-order valence-corrected chi connectivity index (χ2v) is 8.26. The largest absolute Gasteiger partial charge is 0.508 e. The molecule has 0 radical (unpaired) electrons. The molecule has 5 nitrogen and oxygen atoms in total. The maximum absolute atomic E-state index is 11.2. The molecular formula is C19H27NO4. The molecule has 2 saturated heterocycles. The second kappa shape index (κ2) is 5.96. The van der Waals surface area contributed by atoms with Crippen molar-refractivity contribution in [1.82, 2.24) is 4.90 Å². The van der Waals surface area contributed by atoms with Gasteiger partial charge in [-0.15, -0.1) is 0 Å². The Balaban J connectivity index is 1.83. The molecule has 1 spiro atoms. The van der Waals surface area contributed by atoms with Gasteiger partial charge in [0.2, 0.25) is 0 Å². The Labute approximate surface area is 143 Å². The minimum atomic E-state index is -0.842. The number of amides is 1. The molecule has 0 saturated carbocycles. The lowest BCUT2D eigenvalue weighted by molar-refractivity contribution is -0.105. The third-order valence-electron chi connectivity index (χ3n) is 5.45. The van der Waals surface area contributed by atoms with Crippen molar-refractivity contribution < 1.29 is 19.7 Å². The van der Waals surface area contributed by atoms with Crippen LogP contribution in [0, 0.1) is 5.41 Å². The van der Waals surface area contributed by atoms with E-state index in [0.717, 1.165) is 19.3 Å². The summed E-state index contributed by atoms with van der Waals surface area (Å²) in [7, 11) is 0. The van der Waals surface area contributed by atoms with Crippen LogP contribution in [-0.4, -0.2) is 46.0 Å². The van der Waals surface area contributed by atoms with Gasteiger partial charge in [-0.3, -0.25) is 0 Å². The second-order valence-electron chi connectivity index (χ2n) is 8.26. The van der Waals surface area contributed by atoms with Crippen LogP contribution in [0.1, 0.15) is 51.5 Å². The Morgan fingerprint density at radius 3 is 2.29 bits per heavy atom. The first kappa shape index (κ1) is 17.1. The molecule has 3 rings (SSSR count). The number of hydrogen-bond donors (Lipinski definition) is 2. The van der Waals surface area contributed by atoms with Gasteiger partial charge in [-0.05, 0) is 42.4 Å². The molecular weight excluding hydrogens is 306 g/mol. The number of likely N-dealkylation sites (tertiary alicyclic amines) is 1. The summed E-state index contributed by atoms with van der Waals surface area (Å²) in [5, 5.41) is 18.7. The number of carboxylic acid groups (broad SMARTS) is 1. The minimum Gasteiger partial charge on any atom is -0.508 e. The Morgan fingerprint density at radius 2 is 1.79 bits per heavy atom. The van der Waals surface area contributed by atoms with Crippen molar-refractivity contribution in [2.75, 3.05) is 13.1 Å². The quantitative estimate of drug-likeness (QED) is 0.819. The first-order chi connectivity index (χ1) is 11.2. The lowest BCUT2D eigenvalue weighted by Crippen LogP contribution is -2.46. The van der Waals surface area contributed by atoms with E-state index < -0.39 is 6.09 Å². The number of nitrogens with zero attached hydrogens (tertiary/aromatic N) is 1. The summed E-state index contributed by atoms with van der Waals surface area (Å²) in [6, 6.07) is 7.42. The fourth-order valence-electron chi connectivity index (χ4n) is 4.13. The van der Waals surface area contributed by atoms with Crippen LogP contribution in [-0.2, 0) is 4.74 Å². The first-order valence-electron chi connectivity index (χ1n) is 8.65. The Bertz CT molecular complexity index is 597. The lowest BCUT2D eigenvalue weighted by Gasteiger charge is -2.39. The van der Waals surface area contributed by atoms with Crippen LogP contribution in [0.5, 0.6) is 5.75 Å². The van der Waals surface area contributed by atoms with E-state index in [2.05, 4.69) is 20.8 Å². The highest BCUT2D eigenvalue weighted by atomic mass is 16.5. The van der Waals surface area contributed by atoms with Crippen LogP contribution >= 0.6 is 0 Å². The maximum Gasteiger partial charge on any atom is 0.407 e. The molecule has 5 heteroatoms. The predicted octanol–water partition coefficient (Wildman–Crippen LogP) is 3.82. The molecule has 1 aromatic rings. The average molecular weight is 333 g/mol. The van der Waals surface area contributed by atoms with E-state index in [4.69, 9.17) is 9.84 Å². The Hall–Kier alpha value is -1.75. The lowest BCUT2D eigenvalue weighted by atomic mass is 9.75. The topological polar surface area (TPSA) is 70.0 Å². The molecule has 24 heavy (non-hydrogen) atoms. The van der Waals surface area contributed by atoms with E-state index in [1.54, 1.807) is 12.1 Å². The Morgan fingerprint density at radius 1 is 1.21 bits per heavy atom.